The molecule has 146 valence electrons. The zero-order chi connectivity index (χ0) is 20.9. The average Bonchev–Trinajstić information content (AvgIpc) is 3.21. The van der Waals surface area contributed by atoms with Crippen LogP contribution in [0.4, 0.5) is 43.9 Å². The summed E-state index contributed by atoms with van der Waals surface area (Å²) in [5, 5.41) is 0. The monoisotopic (exact) mass is 410 g/mol. The zero-order valence-electron chi connectivity index (χ0n) is 13.3. The number of benzene rings is 2. The fourth-order valence-corrected chi connectivity index (χ4v) is 2.92. The van der Waals surface area contributed by atoms with E-state index in [2.05, 4.69) is 0 Å². The van der Waals surface area contributed by atoms with Crippen molar-refractivity contribution in [3.63, 3.8) is 0 Å². The molecule has 0 bridgehead atoms. The van der Waals surface area contributed by atoms with Crippen molar-refractivity contribution < 1.29 is 43.9 Å². The Morgan fingerprint density at radius 2 is 0.821 bits per heavy atom. The average molecular weight is 410 g/mol. The van der Waals surface area contributed by atoms with Crippen LogP contribution in [0, 0.1) is 58.2 Å². The van der Waals surface area contributed by atoms with Gasteiger partial charge in [-0.05, 0) is 6.42 Å². The molecule has 0 saturated carbocycles. The minimum atomic E-state index is -2.54. The van der Waals surface area contributed by atoms with Crippen molar-refractivity contribution in [2.24, 2.45) is 0 Å². The van der Waals surface area contributed by atoms with E-state index in [4.69, 9.17) is 0 Å². The molecule has 0 aromatic heterocycles. The minimum Gasteiger partial charge on any atom is -0.204 e. The maximum Gasteiger partial charge on any atom is 0.256 e. The van der Waals surface area contributed by atoms with Crippen molar-refractivity contribution in [3.8, 4) is 0 Å². The lowest BCUT2D eigenvalue weighted by molar-refractivity contribution is 0.382. The van der Waals surface area contributed by atoms with Crippen LogP contribution in [-0.2, 0) is 0 Å². The molecule has 1 aliphatic carbocycles. The summed E-state index contributed by atoms with van der Waals surface area (Å²) < 4.78 is 138. The largest absolute Gasteiger partial charge is 0.256 e. The molecule has 3 rings (SSSR count). The number of hydrogen-bond donors (Lipinski definition) is 0. The van der Waals surface area contributed by atoms with E-state index in [1.54, 1.807) is 0 Å². The van der Waals surface area contributed by atoms with Crippen molar-refractivity contribution in [1.82, 2.24) is 0 Å². The lowest BCUT2D eigenvalue weighted by Gasteiger charge is -2.19. The van der Waals surface area contributed by atoms with Crippen LogP contribution in [-0.4, -0.2) is 6.71 Å². The number of rotatable bonds is 3. The predicted octanol–water partition coefficient (Wildman–Crippen LogP) is 4.11. The van der Waals surface area contributed by atoms with Crippen LogP contribution in [0.5, 0.6) is 0 Å². The molecule has 28 heavy (non-hydrogen) atoms. The first-order valence-electron chi connectivity index (χ1n) is 7.48. The van der Waals surface area contributed by atoms with Gasteiger partial charge >= 0.3 is 0 Å². The molecule has 1 aliphatic rings. The van der Waals surface area contributed by atoms with Gasteiger partial charge in [-0.1, -0.05) is 23.7 Å². The molecule has 0 radical (unpaired) electrons. The summed E-state index contributed by atoms with van der Waals surface area (Å²) in [4.78, 5) is 0. The summed E-state index contributed by atoms with van der Waals surface area (Å²) in [6, 6.07) is 0. The third kappa shape index (κ3) is 2.80. The molecule has 0 spiro atoms. The van der Waals surface area contributed by atoms with Gasteiger partial charge in [0.1, 0.15) is 0 Å². The maximum absolute atomic E-state index is 14.3. The molecule has 11 heteroatoms. The number of halogens is 10. The summed E-state index contributed by atoms with van der Waals surface area (Å²) in [7, 11) is 0. The van der Waals surface area contributed by atoms with Crippen LogP contribution in [0.15, 0.2) is 23.7 Å². The Labute approximate surface area is 150 Å². The normalized spacial score (nSPS) is 13.3. The van der Waals surface area contributed by atoms with E-state index in [9.17, 15) is 43.9 Å². The molecule has 0 aliphatic heterocycles. The van der Waals surface area contributed by atoms with Gasteiger partial charge in [0.05, 0.1) is 0 Å². The van der Waals surface area contributed by atoms with E-state index in [-0.39, 0.29) is 6.42 Å². The van der Waals surface area contributed by atoms with Gasteiger partial charge in [-0.3, -0.25) is 0 Å². The van der Waals surface area contributed by atoms with Gasteiger partial charge in [0.25, 0.3) is 6.71 Å². The van der Waals surface area contributed by atoms with Crippen molar-refractivity contribution >= 4 is 17.6 Å². The quantitative estimate of drug-likeness (QED) is 0.309. The fourth-order valence-electron chi connectivity index (χ4n) is 2.92. The molecule has 2 aromatic carbocycles. The molecule has 0 N–H and O–H groups in total. The molecular formula is C17H5BF10. The summed E-state index contributed by atoms with van der Waals surface area (Å²) in [6.07, 6.45) is 3.43. The van der Waals surface area contributed by atoms with Gasteiger partial charge in [-0.2, -0.15) is 0 Å². The Bertz CT molecular complexity index is 929. The minimum absolute atomic E-state index is 0.0383. The highest BCUT2D eigenvalue weighted by molar-refractivity contribution is 6.91. The van der Waals surface area contributed by atoms with Crippen LogP contribution in [0.3, 0.4) is 0 Å². The molecule has 0 heterocycles. The topological polar surface area (TPSA) is 0 Å². The first-order valence-corrected chi connectivity index (χ1v) is 7.48. The molecule has 0 amide bonds. The second kappa shape index (κ2) is 7.03. The van der Waals surface area contributed by atoms with Gasteiger partial charge in [0.2, 0.25) is 0 Å². The highest BCUT2D eigenvalue weighted by atomic mass is 19.2. The fraction of sp³-hybridized carbons (Fsp3) is 0.0588. The first-order chi connectivity index (χ1) is 13.1. The maximum atomic E-state index is 14.3. The van der Waals surface area contributed by atoms with E-state index in [1.807, 2.05) is 0 Å². The van der Waals surface area contributed by atoms with Crippen LogP contribution in [0.2, 0.25) is 0 Å². The number of allylic oxidation sites excluding steroid dienone is 4. The van der Waals surface area contributed by atoms with Gasteiger partial charge in [-0.15, -0.1) is 0 Å². The van der Waals surface area contributed by atoms with Crippen LogP contribution in [0.1, 0.15) is 6.42 Å². The van der Waals surface area contributed by atoms with Crippen LogP contribution in [0.25, 0.3) is 0 Å². The summed E-state index contributed by atoms with van der Waals surface area (Å²) in [5.74, 6) is -24.6. The molecular weight excluding hydrogens is 405 g/mol. The van der Waals surface area contributed by atoms with E-state index >= 15 is 0 Å². The standard InChI is InChI=1S/C17H5BF10/c19-8-6(9(20)13(24)16(27)12(8)23)18(5-3-1-2-4-5)7-10(21)14(25)17(28)15(26)11(7)22/h1,3-4H,2H2. The van der Waals surface area contributed by atoms with E-state index in [1.165, 1.54) is 6.08 Å². The lowest BCUT2D eigenvalue weighted by atomic mass is 9.35. The highest BCUT2D eigenvalue weighted by Crippen LogP contribution is 2.24. The summed E-state index contributed by atoms with van der Waals surface area (Å²) in [5.41, 5.74) is -3.89. The Hall–Kier alpha value is -2.72. The molecule has 2 aromatic rings. The zero-order valence-corrected chi connectivity index (χ0v) is 13.3. The van der Waals surface area contributed by atoms with E-state index < -0.39 is 81.3 Å². The SMILES string of the molecule is Fc1c(F)c(F)c(B(C2=CCC=C2)c2c(F)c(F)c(F)c(F)c2F)c(F)c1F. The third-order valence-corrected chi connectivity index (χ3v) is 4.20. The molecule has 0 nitrogen and oxygen atoms in total. The summed E-state index contributed by atoms with van der Waals surface area (Å²) in [6.45, 7) is -2.48. The van der Waals surface area contributed by atoms with E-state index in [0.29, 0.717) is 0 Å². The van der Waals surface area contributed by atoms with Crippen LogP contribution < -0.4 is 10.9 Å². The van der Waals surface area contributed by atoms with Crippen molar-refractivity contribution in [2.75, 3.05) is 0 Å². The molecule has 0 fully saturated rings. The lowest BCUT2D eigenvalue weighted by Crippen LogP contribution is -2.52. The first kappa shape index (κ1) is 20.0. The van der Waals surface area contributed by atoms with Gasteiger partial charge in [0.15, 0.2) is 58.2 Å². The Morgan fingerprint density at radius 1 is 0.500 bits per heavy atom. The molecule has 0 atom stereocenters. The van der Waals surface area contributed by atoms with Crippen molar-refractivity contribution in [3.05, 3.63) is 81.9 Å². The van der Waals surface area contributed by atoms with Gasteiger partial charge in [0, 0.05) is 10.9 Å². The predicted molar refractivity (Wildman–Crippen MR) is 79.3 cm³/mol. The van der Waals surface area contributed by atoms with Crippen LogP contribution >= 0.6 is 0 Å². The van der Waals surface area contributed by atoms with Crippen molar-refractivity contribution in [2.45, 2.75) is 6.42 Å². The van der Waals surface area contributed by atoms with Gasteiger partial charge < -0.3 is 0 Å². The second-order valence-electron chi connectivity index (χ2n) is 5.74. The summed E-state index contributed by atoms with van der Waals surface area (Å²) >= 11 is 0. The highest BCUT2D eigenvalue weighted by Gasteiger charge is 2.41. The van der Waals surface area contributed by atoms with Crippen molar-refractivity contribution in [1.29, 1.82) is 0 Å². The smallest absolute Gasteiger partial charge is 0.204 e. The Kier molecular flexibility index (Phi) is 5.03. The van der Waals surface area contributed by atoms with Gasteiger partial charge in [-0.25, -0.2) is 43.9 Å². The van der Waals surface area contributed by atoms with E-state index in [0.717, 1.165) is 12.2 Å². The molecule has 0 saturated heterocycles. The molecule has 0 unspecified atom stereocenters. The number of hydrogen-bond acceptors (Lipinski definition) is 0. The Morgan fingerprint density at radius 3 is 1.11 bits per heavy atom. The second-order valence-corrected chi connectivity index (χ2v) is 5.74. The third-order valence-electron chi connectivity index (χ3n) is 4.20. The Balaban J connectivity index is 2.46.